The van der Waals surface area contributed by atoms with Crippen LogP contribution in [0.3, 0.4) is 0 Å². The summed E-state index contributed by atoms with van der Waals surface area (Å²) in [6, 6.07) is 0. The summed E-state index contributed by atoms with van der Waals surface area (Å²) in [5.74, 6) is 1.09. The number of carbonyl (C=O) groups is 1. The molecule has 0 aromatic heterocycles. The van der Waals surface area contributed by atoms with E-state index in [1.807, 2.05) is 18.7 Å². The summed E-state index contributed by atoms with van der Waals surface area (Å²) in [5.41, 5.74) is 0. The quantitative estimate of drug-likeness (QED) is 0.694. The van der Waals surface area contributed by atoms with Gasteiger partial charge in [0.1, 0.15) is 0 Å². The van der Waals surface area contributed by atoms with Crippen molar-refractivity contribution in [2.45, 2.75) is 46.5 Å². The van der Waals surface area contributed by atoms with E-state index in [2.05, 4.69) is 6.92 Å². The van der Waals surface area contributed by atoms with E-state index >= 15 is 0 Å². The van der Waals surface area contributed by atoms with Crippen LogP contribution < -0.4 is 0 Å². The summed E-state index contributed by atoms with van der Waals surface area (Å²) in [6.07, 6.45) is 3.82. The predicted octanol–water partition coefficient (Wildman–Crippen LogP) is 2.70. The third kappa shape index (κ3) is 6.11. The molecule has 1 amide bonds. The second-order valence-corrected chi connectivity index (χ2v) is 4.16. The molecule has 1 rings (SSSR count). The van der Waals surface area contributed by atoms with Gasteiger partial charge >= 0.3 is 0 Å². The van der Waals surface area contributed by atoms with Crippen LogP contribution in [-0.2, 0) is 9.53 Å². The molecular formula is C13H27NO2. The van der Waals surface area contributed by atoms with Gasteiger partial charge in [0.05, 0.1) is 0 Å². The van der Waals surface area contributed by atoms with Crippen LogP contribution in [0, 0.1) is 5.92 Å². The molecular weight excluding hydrogens is 202 g/mol. The van der Waals surface area contributed by atoms with Gasteiger partial charge < -0.3 is 9.64 Å². The van der Waals surface area contributed by atoms with Crippen LogP contribution in [0.25, 0.3) is 0 Å². The number of likely N-dealkylation sites (tertiary alicyclic amines) is 1. The van der Waals surface area contributed by atoms with Crippen LogP contribution in [0.15, 0.2) is 0 Å². The van der Waals surface area contributed by atoms with Crippen molar-refractivity contribution in [3.05, 3.63) is 0 Å². The van der Waals surface area contributed by atoms with Gasteiger partial charge in [-0.3, -0.25) is 4.79 Å². The fraction of sp³-hybridized carbons (Fsp3) is 0.923. The van der Waals surface area contributed by atoms with Gasteiger partial charge in [0.15, 0.2) is 0 Å². The fourth-order valence-electron chi connectivity index (χ4n) is 1.78. The summed E-state index contributed by atoms with van der Waals surface area (Å²) < 4.78 is 4.93. The molecule has 0 aromatic rings. The number of methoxy groups -OCH3 is 1. The Bertz CT molecular complexity index is 175. The molecule has 96 valence electrons. The lowest BCUT2D eigenvalue weighted by Crippen LogP contribution is -2.37. The zero-order valence-corrected chi connectivity index (χ0v) is 11.3. The van der Waals surface area contributed by atoms with E-state index in [1.54, 1.807) is 7.11 Å². The summed E-state index contributed by atoms with van der Waals surface area (Å²) in [6.45, 7) is 8.85. The molecule has 3 heteroatoms. The van der Waals surface area contributed by atoms with E-state index in [0.717, 1.165) is 38.3 Å². The second kappa shape index (κ2) is 9.64. The van der Waals surface area contributed by atoms with Crippen molar-refractivity contribution in [1.29, 1.82) is 0 Å². The van der Waals surface area contributed by atoms with Crippen molar-refractivity contribution in [2.75, 3.05) is 26.8 Å². The molecule has 0 bridgehead atoms. The lowest BCUT2D eigenvalue weighted by Gasteiger charge is -2.30. The highest BCUT2D eigenvalue weighted by atomic mass is 16.5. The molecule has 1 heterocycles. The van der Waals surface area contributed by atoms with Gasteiger partial charge in [-0.05, 0) is 25.2 Å². The van der Waals surface area contributed by atoms with Crippen LogP contribution in [0.1, 0.15) is 46.5 Å². The molecule has 0 unspecified atom stereocenters. The molecule has 0 N–H and O–H groups in total. The lowest BCUT2D eigenvalue weighted by molar-refractivity contribution is -0.132. The number of hydrogen-bond acceptors (Lipinski definition) is 2. The summed E-state index contributed by atoms with van der Waals surface area (Å²) in [7, 11) is 1.67. The van der Waals surface area contributed by atoms with Crippen molar-refractivity contribution >= 4 is 5.91 Å². The van der Waals surface area contributed by atoms with Gasteiger partial charge in [-0.1, -0.05) is 20.8 Å². The Kier molecular flexibility index (Phi) is 9.30. The lowest BCUT2D eigenvalue weighted by atomic mass is 9.99. The summed E-state index contributed by atoms with van der Waals surface area (Å²) in [4.78, 5) is 13.6. The van der Waals surface area contributed by atoms with E-state index in [9.17, 15) is 4.79 Å². The van der Waals surface area contributed by atoms with Gasteiger partial charge in [-0.25, -0.2) is 0 Å². The van der Waals surface area contributed by atoms with Gasteiger partial charge in [0, 0.05) is 33.2 Å². The molecule has 1 saturated heterocycles. The Hall–Kier alpha value is -0.570. The Morgan fingerprint density at radius 3 is 2.38 bits per heavy atom. The molecule has 0 spiro atoms. The van der Waals surface area contributed by atoms with Crippen LogP contribution >= 0.6 is 0 Å². The Labute approximate surface area is 100 Å². The maximum Gasteiger partial charge on any atom is 0.222 e. The van der Waals surface area contributed by atoms with Gasteiger partial charge in [-0.2, -0.15) is 0 Å². The van der Waals surface area contributed by atoms with Gasteiger partial charge in [0.2, 0.25) is 5.91 Å². The SMILES string of the molecule is CC.COCCCC(=O)N1CCC(C)CC1. The van der Waals surface area contributed by atoms with Crippen molar-refractivity contribution in [3.8, 4) is 0 Å². The van der Waals surface area contributed by atoms with Crippen molar-refractivity contribution < 1.29 is 9.53 Å². The zero-order valence-electron chi connectivity index (χ0n) is 11.3. The van der Waals surface area contributed by atoms with Crippen LogP contribution in [0.2, 0.25) is 0 Å². The summed E-state index contributed by atoms with van der Waals surface area (Å²) >= 11 is 0. The largest absolute Gasteiger partial charge is 0.385 e. The maximum absolute atomic E-state index is 11.6. The molecule has 0 atom stereocenters. The average molecular weight is 229 g/mol. The van der Waals surface area contributed by atoms with E-state index in [0.29, 0.717) is 18.9 Å². The molecule has 1 aliphatic heterocycles. The van der Waals surface area contributed by atoms with E-state index in [-0.39, 0.29) is 0 Å². The van der Waals surface area contributed by atoms with Crippen molar-refractivity contribution in [1.82, 2.24) is 4.90 Å². The highest BCUT2D eigenvalue weighted by Crippen LogP contribution is 2.16. The minimum absolute atomic E-state index is 0.300. The number of amides is 1. The fourth-order valence-corrected chi connectivity index (χ4v) is 1.78. The smallest absolute Gasteiger partial charge is 0.222 e. The first-order valence-corrected chi connectivity index (χ1v) is 6.50. The van der Waals surface area contributed by atoms with E-state index < -0.39 is 0 Å². The Morgan fingerprint density at radius 1 is 1.31 bits per heavy atom. The molecule has 0 aliphatic carbocycles. The highest BCUT2D eigenvalue weighted by molar-refractivity contribution is 5.76. The third-order valence-electron chi connectivity index (χ3n) is 2.88. The van der Waals surface area contributed by atoms with Crippen LogP contribution in [0.4, 0.5) is 0 Å². The normalized spacial score (nSPS) is 16.6. The minimum atomic E-state index is 0.300. The molecule has 3 nitrogen and oxygen atoms in total. The third-order valence-corrected chi connectivity index (χ3v) is 2.88. The van der Waals surface area contributed by atoms with Crippen molar-refractivity contribution in [3.63, 3.8) is 0 Å². The topological polar surface area (TPSA) is 29.5 Å². The Morgan fingerprint density at radius 2 is 1.88 bits per heavy atom. The van der Waals surface area contributed by atoms with Crippen LogP contribution in [-0.4, -0.2) is 37.6 Å². The Balaban J connectivity index is 0.00000106. The molecule has 0 aromatic carbocycles. The molecule has 1 fully saturated rings. The maximum atomic E-state index is 11.6. The second-order valence-electron chi connectivity index (χ2n) is 4.16. The monoisotopic (exact) mass is 229 g/mol. The number of ether oxygens (including phenoxy) is 1. The zero-order chi connectivity index (χ0) is 12.4. The first-order valence-electron chi connectivity index (χ1n) is 6.50. The average Bonchev–Trinajstić information content (AvgIpc) is 2.33. The van der Waals surface area contributed by atoms with E-state index in [4.69, 9.17) is 4.74 Å². The number of nitrogens with zero attached hydrogens (tertiary/aromatic N) is 1. The molecule has 0 saturated carbocycles. The van der Waals surface area contributed by atoms with Gasteiger partial charge in [0.25, 0.3) is 0 Å². The number of rotatable bonds is 4. The minimum Gasteiger partial charge on any atom is -0.385 e. The number of hydrogen-bond donors (Lipinski definition) is 0. The number of piperidine rings is 1. The first kappa shape index (κ1) is 15.4. The predicted molar refractivity (Wildman–Crippen MR) is 67.4 cm³/mol. The number of carbonyl (C=O) groups excluding carboxylic acids is 1. The standard InChI is InChI=1S/C11H21NO2.C2H6/c1-10-5-7-12(8-6-10)11(13)4-3-9-14-2;1-2/h10H,3-9H2,1-2H3;1-2H3. The highest BCUT2D eigenvalue weighted by Gasteiger charge is 2.19. The van der Waals surface area contributed by atoms with Gasteiger partial charge in [-0.15, -0.1) is 0 Å². The van der Waals surface area contributed by atoms with E-state index in [1.165, 1.54) is 0 Å². The molecule has 16 heavy (non-hydrogen) atoms. The molecule has 1 aliphatic rings. The van der Waals surface area contributed by atoms with Crippen molar-refractivity contribution in [2.24, 2.45) is 5.92 Å². The first-order chi connectivity index (χ1) is 7.74. The summed E-state index contributed by atoms with van der Waals surface area (Å²) in [5, 5.41) is 0. The molecule has 0 radical (unpaired) electrons. The van der Waals surface area contributed by atoms with Crippen LogP contribution in [0.5, 0.6) is 0 Å².